The van der Waals surface area contributed by atoms with Crippen molar-refractivity contribution in [3.8, 4) is 28.5 Å². The Balaban J connectivity index is 2.08. The molecule has 0 spiro atoms. The zero-order chi connectivity index (χ0) is 19.0. The molecule has 0 saturated carbocycles. The quantitative estimate of drug-likeness (QED) is 0.548. The second-order valence-electron chi connectivity index (χ2n) is 6.16. The lowest BCUT2D eigenvalue weighted by molar-refractivity contribution is 0.415. The first kappa shape index (κ1) is 17.0. The number of nitrogens with one attached hydrogen (secondary N) is 1. The van der Waals surface area contributed by atoms with Crippen LogP contribution >= 0.6 is 0 Å². The summed E-state index contributed by atoms with van der Waals surface area (Å²) in [6.45, 7) is 0. The van der Waals surface area contributed by atoms with Crippen molar-refractivity contribution in [1.82, 2.24) is 4.98 Å². The Labute approximate surface area is 156 Å². The molecule has 0 fully saturated rings. The molecule has 27 heavy (non-hydrogen) atoms. The minimum atomic E-state index is -0.0827. The normalized spacial score (nSPS) is 10.9. The van der Waals surface area contributed by atoms with Crippen LogP contribution in [0.15, 0.2) is 59.4 Å². The third-order valence-electron chi connectivity index (χ3n) is 4.73. The molecular weight excluding hydrogens is 342 g/mol. The third kappa shape index (κ3) is 2.77. The second kappa shape index (κ2) is 6.68. The van der Waals surface area contributed by atoms with E-state index in [1.54, 1.807) is 33.5 Å². The van der Waals surface area contributed by atoms with Crippen LogP contribution in [-0.4, -0.2) is 26.3 Å². The number of methoxy groups -OCH3 is 3. The highest BCUT2D eigenvalue weighted by Crippen LogP contribution is 2.37. The van der Waals surface area contributed by atoms with E-state index >= 15 is 0 Å². The lowest BCUT2D eigenvalue weighted by Gasteiger charge is -2.13. The number of ether oxygens (including phenoxy) is 3. The summed E-state index contributed by atoms with van der Waals surface area (Å²) in [5.41, 5.74) is 2.27. The standard InChI is InChI=1S/C22H19NO4/c1-25-14-9-7-13(8-10-14)17-12-18(24)16-11-20(27-3)15-5-4-6-19(26-2)21(15)22(16)23-17/h4-12H,1-3H3,(H,23,24). The topological polar surface area (TPSA) is 60.6 Å². The summed E-state index contributed by atoms with van der Waals surface area (Å²) in [5, 5.41) is 2.26. The number of aromatic amines is 1. The van der Waals surface area contributed by atoms with Gasteiger partial charge in [-0.2, -0.15) is 0 Å². The van der Waals surface area contributed by atoms with E-state index in [1.807, 2.05) is 42.5 Å². The van der Waals surface area contributed by atoms with Gasteiger partial charge in [-0.15, -0.1) is 0 Å². The van der Waals surface area contributed by atoms with Crippen molar-refractivity contribution in [1.29, 1.82) is 0 Å². The van der Waals surface area contributed by atoms with Gasteiger partial charge in [0.2, 0.25) is 0 Å². The van der Waals surface area contributed by atoms with E-state index in [1.165, 1.54) is 0 Å². The Morgan fingerprint density at radius 1 is 0.778 bits per heavy atom. The number of aromatic nitrogens is 1. The minimum absolute atomic E-state index is 0.0827. The summed E-state index contributed by atoms with van der Waals surface area (Å²) in [5.74, 6) is 2.08. The zero-order valence-corrected chi connectivity index (χ0v) is 15.3. The van der Waals surface area contributed by atoms with Crippen LogP contribution in [0.25, 0.3) is 32.9 Å². The van der Waals surface area contributed by atoms with Crippen LogP contribution < -0.4 is 19.6 Å². The molecular formula is C22H19NO4. The van der Waals surface area contributed by atoms with Crippen LogP contribution in [0.4, 0.5) is 0 Å². The Kier molecular flexibility index (Phi) is 4.20. The Bertz CT molecular complexity index is 1190. The monoisotopic (exact) mass is 361 g/mol. The van der Waals surface area contributed by atoms with Gasteiger partial charge in [-0.3, -0.25) is 4.79 Å². The van der Waals surface area contributed by atoms with Crippen molar-refractivity contribution in [2.75, 3.05) is 21.3 Å². The molecule has 5 heteroatoms. The van der Waals surface area contributed by atoms with Gasteiger partial charge >= 0.3 is 0 Å². The largest absolute Gasteiger partial charge is 0.497 e. The van der Waals surface area contributed by atoms with Crippen molar-refractivity contribution < 1.29 is 14.2 Å². The van der Waals surface area contributed by atoms with E-state index in [4.69, 9.17) is 14.2 Å². The second-order valence-corrected chi connectivity index (χ2v) is 6.16. The summed E-state index contributed by atoms with van der Waals surface area (Å²) >= 11 is 0. The Morgan fingerprint density at radius 3 is 2.19 bits per heavy atom. The van der Waals surface area contributed by atoms with Crippen LogP contribution in [-0.2, 0) is 0 Å². The lowest BCUT2D eigenvalue weighted by atomic mass is 10.0. The van der Waals surface area contributed by atoms with Gasteiger partial charge in [-0.05, 0) is 42.0 Å². The lowest BCUT2D eigenvalue weighted by Crippen LogP contribution is -2.04. The fraction of sp³-hybridized carbons (Fsp3) is 0.136. The summed E-state index contributed by atoms with van der Waals surface area (Å²) in [6.07, 6.45) is 0. The number of rotatable bonds is 4. The highest BCUT2D eigenvalue weighted by Gasteiger charge is 2.15. The van der Waals surface area contributed by atoms with Gasteiger partial charge in [0.05, 0.1) is 32.2 Å². The fourth-order valence-corrected chi connectivity index (χ4v) is 3.38. The van der Waals surface area contributed by atoms with Crippen molar-refractivity contribution in [2.24, 2.45) is 0 Å². The first-order valence-electron chi connectivity index (χ1n) is 8.51. The molecule has 0 aliphatic carbocycles. The van der Waals surface area contributed by atoms with Crippen LogP contribution in [0.5, 0.6) is 17.2 Å². The smallest absolute Gasteiger partial charge is 0.190 e. The van der Waals surface area contributed by atoms with Crippen LogP contribution in [0.2, 0.25) is 0 Å². The predicted molar refractivity (Wildman–Crippen MR) is 107 cm³/mol. The highest BCUT2D eigenvalue weighted by molar-refractivity contribution is 6.11. The number of benzene rings is 3. The maximum absolute atomic E-state index is 12.9. The molecule has 0 bridgehead atoms. The molecule has 3 aromatic carbocycles. The molecule has 0 amide bonds. The zero-order valence-electron chi connectivity index (χ0n) is 15.3. The first-order chi connectivity index (χ1) is 13.2. The van der Waals surface area contributed by atoms with Crippen LogP contribution in [0.1, 0.15) is 0 Å². The molecule has 0 aliphatic heterocycles. The third-order valence-corrected chi connectivity index (χ3v) is 4.73. The molecule has 0 radical (unpaired) electrons. The van der Waals surface area contributed by atoms with Gasteiger partial charge in [0, 0.05) is 22.5 Å². The molecule has 0 aliphatic rings. The van der Waals surface area contributed by atoms with E-state index < -0.39 is 0 Å². The number of hydrogen-bond acceptors (Lipinski definition) is 4. The highest BCUT2D eigenvalue weighted by atomic mass is 16.5. The molecule has 1 heterocycles. The van der Waals surface area contributed by atoms with Gasteiger partial charge < -0.3 is 19.2 Å². The maximum Gasteiger partial charge on any atom is 0.190 e. The predicted octanol–water partition coefficient (Wildman–Crippen LogP) is 4.37. The van der Waals surface area contributed by atoms with Gasteiger partial charge in [0.25, 0.3) is 0 Å². The fourth-order valence-electron chi connectivity index (χ4n) is 3.38. The van der Waals surface area contributed by atoms with Crippen LogP contribution in [0.3, 0.4) is 0 Å². The number of H-pyrrole nitrogens is 1. The van der Waals surface area contributed by atoms with Crippen molar-refractivity contribution in [2.45, 2.75) is 0 Å². The summed E-state index contributed by atoms with van der Waals surface area (Å²) in [6, 6.07) is 16.7. The number of pyridine rings is 1. The number of hydrogen-bond donors (Lipinski definition) is 1. The molecule has 136 valence electrons. The molecule has 1 N–H and O–H groups in total. The van der Waals surface area contributed by atoms with E-state index in [-0.39, 0.29) is 5.43 Å². The van der Waals surface area contributed by atoms with Gasteiger partial charge in [0.1, 0.15) is 17.2 Å². The van der Waals surface area contributed by atoms with E-state index in [2.05, 4.69) is 4.98 Å². The van der Waals surface area contributed by atoms with E-state index in [0.29, 0.717) is 16.9 Å². The maximum atomic E-state index is 12.9. The number of fused-ring (bicyclic) bond motifs is 3. The minimum Gasteiger partial charge on any atom is -0.497 e. The molecule has 5 nitrogen and oxygen atoms in total. The average molecular weight is 361 g/mol. The summed E-state index contributed by atoms with van der Waals surface area (Å²) < 4.78 is 16.3. The Morgan fingerprint density at radius 2 is 1.52 bits per heavy atom. The van der Waals surface area contributed by atoms with Crippen molar-refractivity contribution >= 4 is 21.7 Å². The Hall–Kier alpha value is -3.47. The molecule has 4 rings (SSSR count). The van der Waals surface area contributed by atoms with E-state index in [0.717, 1.165) is 33.3 Å². The van der Waals surface area contributed by atoms with Crippen LogP contribution in [0, 0.1) is 0 Å². The van der Waals surface area contributed by atoms with Crippen molar-refractivity contribution in [3.63, 3.8) is 0 Å². The average Bonchev–Trinajstić information content (AvgIpc) is 2.72. The van der Waals surface area contributed by atoms with Gasteiger partial charge in [-0.25, -0.2) is 0 Å². The summed E-state index contributed by atoms with van der Waals surface area (Å²) in [7, 11) is 4.84. The van der Waals surface area contributed by atoms with Crippen molar-refractivity contribution in [3.05, 3.63) is 64.8 Å². The first-order valence-corrected chi connectivity index (χ1v) is 8.51. The van der Waals surface area contributed by atoms with E-state index in [9.17, 15) is 4.79 Å². The molecule has 0 unspecified atom stereocenters. The van der Waals surface area contributed by atoms with Gasteiger partial charge in [0.15, 0.2) is 5.43 Å². The molecule has 1 aromatic heterocycles. The molecule has 4 aromatic rings. The summed E-state index contributed by atoms with van der Waals surface area (Å²) in [4.78, 5) is 16.3. The molecule has 0 saturated heterocycles. The SMILES string of the molecule is COc1ccc(-c2cc(=O)c3cc(OC)c4cccc(OC)c4c3[nH]2)cc1. The molecule has 0 atom stereocenters. The van der Waals surface area contributed by atoms with Gasteiger partial charge in [-0.1, -0.05) is 12.1 Å².